The minimum absolute atomic E-state index is 0.545. The topological polar surface area (TPSA) is 29.0 Å². The standard InChI is InChI=1S/C16H20ClN3/c1-5-14-18-15(17)12(3)16(19-14)20(4)10-13-9-7-6-8-11(13)2/h6-9H,5,10H2,1-4H3. The summed E-state index contributed by atoms with van der Waals surface area (Å²) in [7, 11) is 2.04. The van der Waals surface area contributed by atoms with Crippen LogP contribution < -0.4 is 4.90 Å². The number of halogens is 1. The van der Waals surface area contributed by atoms with Crippen LogP contribution in [0.1, 0.15) is 29.4 Å². The van der Waals surface area contributed by atoms with Crippen molar-refractivity contribution < 1.29 is 0 Å². The molecule has 0 atom stereocenters. The van der Waals surface area contributed by atoms with E-state index >= 15 is 0 Å². The quantitative estimate of drug-likeness (QED) is 0.798. The van der Waals surface area contributed by atoms with Crippen LogP contribution in [0.5, 0.6) is 0 Å². The van der Waals surface area contributed by atoms with E-state index in [4.69, 9.17) is 11.6 Å². The van der Waals surface area contributed by atoms with Crippen LogP contribution in [0.15, 0.2) is 24.3 Å². The molecule has 2 rings (SSSR count). The highest BCUT2D eigenvalue weighted by Gasteiger charge is 2.13. The van der Waals surface area contributed by atoms with Gasteiger partial charge in [-0.1, -0.05) is 42.8 Å². The Morgan fingerprint density at radius 2 is 1.85 bits per heavy atom. The lowest BCUT2D eigenvalue weighted by molar-refractivity contribution is 0.845. The molecule has 3 nitrogen and oxygen atoms in total. The van der Waals surface area contributed by atoms with Crippen LogP contribution >= 0.6 is 11.6 Å². The molecule has 0 aliphatic carbocycles. The van der Waals surface area contributed by atoms with Gasteiger partial charge in [0.1, 0.15) is 16.8 Å². The average Bonchev–Trinajstić information content (AvgIpc) is 2.44. The van der Waals surface area contributed by atoms with E-state index in [0.29, 0.717) is 5.15 Å². The van der Waals surface area contributed by atoms with Gasteiger partial charge in [-0.15, -0.1) is 0 Å². The molecule has 0 saturated carbocycles. The molecular formula is C16H20ClN3. The number of hydrogen-bond acceptors (Lipinski definition) is 3. The van der Waals surface area contributed by atoms with Crippen LogP contribution in [-0.2, 0) is 13.0 Å². The van der Waals surface area contributed by atoms with Crippen molar-refractivity contribution in [3.05, 3.63) is 51.9 Å². The highest BCUT2D eigenvalue weighted by molar-refractivity contribution is 6.30. The first-order chi connectivity index (χ1) is 9.52. The molecule has 4 heteroatoms. The number of hydrogen-bond donors (Lipinski definition) is 0. The van der Waals surface area contributed by atoms with Gasteiger partial charge in [-0.2, -0.15) is 0 Å². The SMILES string of the molecule is CCc1nc(Cl)c(C)c(N(C)Cc2ccccc2C)n1. The molecule has 1 heterocycles. The van der Waals surface area contributed by atoms with E-state index in [1.807, 2.05) is 20.9 Å². The first kappa shape index (κ1) is 14.8. The summed E-state index contributed by atoms with van der Waals surface area (Å²) in [6.07, 6.45) is 0.783. The highest BCUT2D eigenvalue weighted by atomic mass is 35.5. The molecule has 0 bridgehead atoms. The first-order valence-corrected chi connectivity index (χ1v) is 7.19. The summed E-state index contributed by atoms with van der Waals surface area (Å²) in [5.74, 6) is 1.69. The molecule has 0 aliphatic rings. The van der Waals surface area contributed by atoms with Gasteiger partial charge in [0.05, 0.1) is 0 Å². The fraction of sp³-hybridized carbons (Fsp3) is 0.375. The molecule has 0 amide bonds. The van der Waals surface area contributed by atoms with E-state index in [1.165, 1.54) is 11.1 Å². The van der Waals surface area contributed by atoms with Crippen LogP contribution in [0.4, 0.5) is 5.82 Å². The van der Waals surface area contributed by atoms with Gasteiger partial charge in [-0.05, 0) is 25.0 Å². The average molecular weight is 290 g/mol. The maximum Gasteiger partial charge on any atom is 0.137 e. The van der Waals surface area contributed by atoms with Crippen molar-refractivity contribution in [2.75, 3.05) is 11.9 Å². The van der Waals surface area contributed by atoms with Crippen molar-refractivity contribution in [1.29, 1.82) is 0 Å². The second kappa shape index (κ2) is 6.23. The monoisotopic (exact) mass is 289 g/mol. The largest absolute Gasteiger partial charge is 0.355 e. The zero-order valence-electron chi connectivity index (χ0n) is 12.4. The van der Waals surface area contributed by atoms with Gasteiger partial charge >= 0.3 is 0 Å². The van der Waals surface area contributed by atoms with E-state index in [2.05, 4.69) is 46.1 Å². The third-order valence-corrected chi connectivity index (χ3v) is 3.82. The van der Waals surface area contributed by atoms with Gasteiger partial charge in [0.2, 0.25) is 0 Å². The van der Waals surface area contributed by atoms with E-state index in [9.17, 15) is 0 Å². The number of nitrogens with zero attached hydrogens (tertiary/aromatic N) is 3. The molecule has 0 fully saturated rings. The number of aryl methyl sites for hydroxylation is 2. The predicted octanol–water partition coefficient (Wildman–Crippen LogP) is 3.95. The summed E-state index contributed by atoms with van der Waals surface area (Å²) in [5.41, 5.74) is 3.51. The second-order valence-corrected chi connectivity index (χ2v) is 5.37. The summed E-state index contributed by atoms with van der Waals surface area (Å²) in [6, 6.07) is 8.39. The van der Waals surface area contributed by atoms with Crippen LogP contribution in [0.25, 0.3) is 0 Å². The lowest BCUT2D eigenvalue weighted by Crippen LogP contribution is -2.20. The summed E-state index contributed by atoms with van der Waals surface area (Å²) in [5, 5.41) is 0.545. The Morgan fingerprint density at radius 3 is 2.50 bits per heavy atom. The third-order valence-electron chi connectivity index (χ3n) is 3.45. The van der Waals surface area contributed by atoms with Crippen molar-refractivity contribution >= 4 is 17.4 Å². The van der Waals surface area contributed by atoms with E-state index in [-0.39, 0.29) is 0 Å². The highest BCUT2D eigenvalue weighted by Crippen LogP contribution is 2.24. The van der Waals surface area contributed by atoms with Gasteiger partial charge in [0.15, 0.2) is 0 Å². The summed E-state index contributed by atoms with van der Waals surface area (Å²) < 4.78 is 0. The molecule has 2 aromatic rings. The lowest BCUT2D eigenvalue weighted by Gasteiger charge is -2.22. The van der Waals surface area contributed by atoms with Crippen molar-refractivity contribution in [2.45, 2.75) is 33.7 Å². The minimum atomic E-state index is 0.545. The van der Waals surface area contributed by atoms with Crippen LogP contribution in [0.2, 0.25) is 5.15 Å². The molecule has 0 saturated heterocycles. The smallest absolute Gasteiger partial charge is 0.137 e. The maximum atomic E-state index is 6.20. The second-order valence-electron chi connectivity index (χ2n) is 5.02. The third kappa shape index (κ3) is 3.10. The summed E-state index contributed by atoms with van der Waals surface area (Å²) in [6.45, 7) is 6.93. The summed E-state index contributed by atoms with van der Waals surface area (Å²) in [4.78, 5) is 11.0. The van der Waals surface area contributed by atoms with Gasteiger partial charge in [-0.3, -0.25) is 0 Å². The van der Waals surface area contributed by atoms with Gasteiger partial charge in [-0.25, -0.2) is 9.97 Å². The van der Waals surface area contributed by atoms with Crippen molar-refractivity contribution in [2.24, 2.45) is 0 Å². The Balaban J connectivity index is 2.32. The normalized spacial score (nSPS) is 10.7. The van der Waals surface area contributed by atoms with E-state index < -0.39 is 0 Å². The Morgan fingerprint density at radius 1 is 1.15 bits per heavy atom. The molecule has 0 N–H and O–H groups in total. The minimum Gasteiger partial charge on any atom is -0.355 e. The van der Waals surface area contributed by atoms with Crippen LogP contribution in [0.3, 0.4) is 0 Å². The van der Waals surface area contributed by atoms with Gasteiger partial charge < -0.3 is 4.90 Å². The number of aromatic nitrogens is 2. The molecule has 0 unspecified atom stereocenters. The summed E-state index contributed by atoms with van der Waals surface area (Å²) >= 11 is 6.20. The maximum absolute atomic E-state index is 6.20. The molecule has 0 radical (unpaired) electrons. The number of benzene rings is 1. The number of rotatable bonds is 4. The molecule has 0 aliphatic heterocycles. The van der Waals surface area contributed by atoms with Crippen LogP contribution in [0, 0.1) is 13.8 Å². The Labute approximate surface area is 125 Å². The fourth-order valence-electron chi connectivity index (χ4n) is 2.17. The van der Waals surface area contributed by atoms with Gasteiger partial charge in [0.25, 0.3) is 0 Å². The number of anilines is 1. The first-order valence-electron chi connectivity index (χ1n) is 6.81. The molecule has 1 aromatic heterocycles. The fourth-order valence-corrected chi connectivity index (χ4v) is 2.35. The molecule has 20 heavy (non-hydrogen) atoms. The van der Waals surface area contributed by atoms with E-state index in [1.54, 1.807) is 0 Å². The Kier molecular flexibility index (Phi) is 4.61. The molecule has 1 aromatic carbocycles. The lowest BCUT2D eigenvalue weighted by atomic mass is 10.1. The molecule has 0 spiro atoms. The Hall–Kier alpha value is -1.61. The van der Waals surface area contributed by atoms with E-state index in [0.717, 1.165) is 30.2 Å². The van der Waals surface area contributed by atoms with Crippen molar-refractivity contribution in [1.82, 2.24) is 9.97 Å². The van der Waals surface area contributed by atoms with Crippen molar-refractivity contribution in [3.8, 4) is 0 Å². The zero-order valence-corrected chi connectivity index (χ0v) is 13.2. The predicted molar refractivity (Wildman–Crippen MR) is 84.4 cm³/mol. The van der Waals surface area contributed by atoms with Crippen molar-refractivity contribution in [3.63, 3.8) is 0 Å². The molecule has 106 valence electrons. The molecular weight excluding hydrogens is 270 g/mol. The van der Waals surface area contributed by atoms with Gasteiger partial charge in [0, 0.05) is 25.6 Å². The van der Waals surface area contributed by atoms with Crippen LogP contribution in [-0.4, -0.2) is 17.0 Å². The zero-order chi connectivity index (χ0) is 14.7. The Bertz CT molecular complexity index is 611.